The van der Waals surface area contributed by atoms with Gasteiger partial charge in [0.1, 0.15) is 5.82 Å². The summed E-state index contributed by atoms with van der Waals surface area (Å²) in [6.45, 7) is 0. The molecule has 0 aliphatic carbocycles. The average Bonchev–Trinajstić information content (AvgIpc) is 2.78. The van der Waals surface area contributed by atoms with Gasteiger partial charge in [-0.25, -0.2) is 9.18 Å². The van der Waals surface area contributed by atoms with E-state index in [1.165, 1.54) is 16.8 Å². The van der Waals surface area contributed by atoms with Crippen LogP contribution in [0, 0.1) is 5.82 Å². The van der Waals surface area contributed by atoms with E-state index in [1.54, 1.807) is 13.2 Å². The zero-order valence-electron chi connectivity index (χ0n) is 9.92. The number of aryl methyl sites for hydroxylation is 1. The van der Waals surface area contributed by atoms with Crippen LogP contribution in [0.1, 0.15) is 20.8 Å². The molecule has 0 aliphatic rings. The zero-order valence-corrected chi connectivity index (χ0v) is 9.92. The molecule has 0 saturated carbocycles. The van der Waals surface area contributed by atoms with Crippen LogP contribution in [0.2, 0.25) is 0 Å². The summed E-state index contributed by atoms with van der Waals surface area (Å²) in [6, 6.07) is 4.83. The summed E-state index contributed by atoms with van der Waals surface area (Å²) in [4.78, 5) is 22.5. The van der Waals surface area contributed by atoms with Crippen LogP contribution in [0.25, 0.3) is 0 Å². The van der Waals surface area contributed by atoms with Crippen LogP contribution in [0.4, 0.5) is 10.1 Å². The highest BCUT2D eigenvalue weighted by atomic mass is 19.1. The van der Waals surface area contributed by atoms with Crippen LogP contribution in [-0.4, -0.2) is 26.8 Å². The fourth-order valence-electron chi connectivity index (χ4n) is 1.50. The summed E-state index contributed by atoms with van der Waals surface area (Å²) in [5.74, 6) is -2.75. The van der Waals surface area contributed by atoms with Gasteiger partial charge in [0.05, 0.1) is 5.56 Å². The molecule has 2 N–H and O–H groups in total. The fraction of sp³-hybridized carbons (Fsp3) is 0.0833. The molecule has 0 radical (unpaired) electrons. The van der Waals surface area contributed by atoms with Crippen molar-refractivity contribution in [3.63, 3.8) is 0 Å². The number of nitrogens with one attached hydrogen (secondary N) is 1. The largest absolute Gasteiger partial charge is 0.478 e. The molecule has 0 spiro atoms. The minimum atomic E-state index is -1.40. The third-order valence-corrected chi connectivity index (χ3v) is 2.40. The first-order chi connectivity index (χ1) is 8.97. The number of hydrogen-bond acceptors (Lipinski definition) is 3. The highest BCUT2D eigenvalue weighted by Crippen LogP contribution is 2.15. The maximum absolute atomic E-state index is 13.2. The van der Waals surface area contributed by atoms with Crippen molar-refractivity contribution in [1.29, 1.82) is 0 Å². The van der Waals surface area contributed by atoms with E-state index < -0.39 is 23.3 Å². The number of anilines is 1. The average molecular weight is 263 g/mol. The molecular formula is C12H10FN3O3. The molecule has 98 valence electrons. The van der Waals surface area contributed by atoms with Gasteiger partial charge < -0.3 is 10.4 Å². The SMILES string of the molecule is Cn1ccc(C(=O)Nc2ccc(F)c(C(=O)O)c2)n1. The molecule has 1 heterocycles. The van der Waals surface area contributed by atoms with Crippen LogP contribution in [0.5, 0.6) is 0 Å². The highest BCUT2D eigenvalue weighted by Gasteiger charge is 2.13. The van der Waals surface area contributed by atoms with E-state index in [2.05, 4.69) is 10.4 Å². The van der Waals surface area contributed by atoms with Crippen LogP contribution in [0.3, 0.4) is 0 Å². The predicted molar refractivity (Wildman–Crippen MR) is 64.5 cm³/mol. The summed E-state index contributed by atoms with van der Waals surface area (Å²) in [5, 5.41) is 15.1. The second-order valence-corrected chi connectivity index (χ2v) is 3.83. The van der Waals surface area contributed by atoms with E-state index in [9.17, 15) is 14.0 Å². The Bertz CT molecular complexity index is 651. The van der Waals surface area contributed by atoms with Crippen molar-refractivity contribution in [2.24, 2.45) is 7.05 Å². The first-order valence-electron chi connectivity index (χ1n) is 5.31. The van der Waals surface area contributed by atoms with E-state index >= 15 is 0 Å². The van der Waals surface area contributed by atoms with E-state index in [0.717, 1.165) is 12.1 Å². The topological polar surface area (TPSA) is 84.2 Å². The number of aromatic nitrogens is 2. The molecule has 0 bridgehead atoms. The molecule has 0 unspecified atom stereocenters. The Morgan fingerprint density at radius 3 is 2.68 bits per heavy atom. The van der Waals surface area contributed by atoms with Crippen LogP contribution in [0.15, 0.2) is 30.5 Å². The number of rotatable bonds is 3. The lowest BCUT2D eigenvalue weighted by molar-refractivity contribution is 0.0691. The van der Waals surface area contributed by atoms with Crippen molar-refractivity contribution in [2.45, 2.75) is 0 Å². The molecule has 2 aromatic rings. The summed E-state index contributed by atoms with van der Waals surface area (Å²) in [5.41, 5.74) is -0.128. The second-order valence-electron chi connectivity index (χ2n) is 3.83. The number of carbonyl (C=O) groups is 2. The molecule has 1 aromatic carbocycles. The molecule has 7 heteroatoms. The summed E-state index contributed by atoms with van der Waals surface area (Å²) in [7, 11) is 1.66. The Kier molecular flexibility index (Phi) is 3.28. The summed E-state index contributed by atoms with van der Waals surface area (Å²) >= 11 is 0. The number of carboxylic acids is 1. The molecule has 19 heavy (non-hydrogen) atoms. The third kappa shape index (κ3) is 2.76. The van der Waals surface area contributed by atoms with Gasteiger partial charge in [0.2, 0.25) is 0 Å². The molecule has 0 saturated heterocycles. The van der Waals surface area contributed by atoms with E-state index in [-0.39, 0.29) is 11.4 Å². The molecule has 0 aliphatic heterocycles. The van der Waals surface area contributed by atoms with E-state index in [4.69, 9.17) is 5.11 Å². The van der Waals surface area contributed by atoms with Gasteiger partial charge in [-0.15, -0.1) is 0 Å². The Labute approximate surface area is 107 Å². The molecular weight excluding hydrogens is 253 g/mol. The van der Waals surface area contributed by atoms with Crippen LogP contribution in [-0.2, 0) is 7.05 Å². The molecule has 6 nitrogen and oxygen atoms in total. The molecule has 0 fully saturated rings. The number of carboxylic acid groups (broad SMARTS) is 1. The minimum Gasteiger partial charge on any atom is -0.478 e. The maximum Gasteiger partial charge on any atom is 0.338 e. The van der Waals surface area contributed by atoms with Gasteiger partial charge in [0.15, 0.2) is 5.69 Å². The van der Waals surface area contributed by atoms with Crippen molar-refractivity contribution in [2.75, 3.05) is 5.32 Å². The van der Waals surface area contributed by atoms with Gasteiger partial charge in [-0.2, -0.15) is 5.10 Å². The highest BCUT2D eigenvalue weighted by molar-refractivity contribution is 6.03. The van der Waals surface area contributed by atoms with Gasteiger partial charge in [-0.3, -0.25) is 9.48 Å². The number of halogens is 1. The van der Waals surface area contributed by atoms with Crippen molar-refractivity contribution in [3.05, 3.63) is 47.5 Å². The quantitative estimate of drug-likeness (QED) is 0.879. The monoisotopic (exact) mass is 263 g/mol. The van der Waals surface area contributed by atoms with Gasteiger partial charge >= 0.3 is 5.97 Å². The number of hydrogen-bond donors (Lipinski definition) is 2. The van der Waals surface area contributed by atoms with Gasteiger partial charge in [0, 0.05) is 18.9 Å². The Hall–Kier alpha value is -2.70. The number of carbonyl (C=O) groups excluding carboxylic acids is 1. The van der Waals surface area contributed by atoms with Crippen molar-refractivity contribution in [1.82, 2.24) is 9.78 Å². The molecule has 1 amide bonds. The molecule has 0 atom stereocenters. The van der Waals surface area contributed by atoms with Crippen molar-refractivity contribution < 1.29 is 19.1 Å². The van der Waals surface area contributed by atoms with E-state index in [0.29, 0.717) is 0 Å². The van der Waals surface area contributed by atoms with Gasteiger partial charge in [-0.05, 0) is 24.3 Å². The first-order valence-corrected chi connectivity index (χ1v) is 5.31. The minimum absolute atomic E-state index is 0.184. The lowest BCUT2D eigenvalue weighted by atomic mass is 10.2. The Balaban J connectivity index is 2.22. The van der Waals surface area contributed by atoms with Crippen molar-refractivity contribution >= 4 is 17.6 Å². The van der Waals surface area contributed by atoms with Gasteiger partial charge in [0.25, 0.3) is 5.91 Å². The first kappa shape index (κ1) is 12.7. The third-order valence-electron chi connectivity index (χ3n) is 2.40. The smallest absolute Gasteiger partial charge is 0.338 e. The van der Waals surface area contributed by atoms with Crippen LogP contribution < -0.4 is 5.32 Å². The lowest BCUT2D eigenvalue weighted by Crippen LogP contribution is -2.14. The summed E-state index contributed by atoms with van der Waals surface area (Å²) < 4.78 is 14.6. The molecule has 1 aromatic heterocycles. The number of amides is 1. The fourth-order valence-corrected chi connectivity index (χ4v) is 1.50. The Morgan fingerprint density at radius 2 is 2.11 bits per heavy atom. The zero-order chi connectivity index (χ0) is 14.0. The van der Waals surface area contributed by atoms with Crippen molar-refractivity contribution in [3.8, 4) is 0 Å². The van der Waals surface area contributed by atoms with Crippen LogP contribution >= 0.6 is 0 Å². The molecule has 2 rings (SSSR count). The van der Waals surface area contributed by atoms with Gasteiger partial charge in [-0.1, -0.05) is 0 Å². The normalized spacial score (nSPS) is 10.2. The number of nitrogens with zero attached hydrogens (tertiary/aromatic N) is 2. The lowest BCUT2D eigenvalue weighted by Gasteiger charge is -2.05. The Morgan fingerprint density at radius 1 is 1.37 bits per heavy atom. The number of benzene rings is 1. The number of aromatic carboxylic acids is 1. The standard InChI is InChI=1S/C12H10FN3O3/c1-16-5-4-10(15-16)11(17)14-7-2-3-9(13)8(6-7)12(18)19/h2-6H,1H3,(H,14,17)(H,18,19). The maximum atomic E-state index is 13.2. The van der Waals surface area contributed by atoms with E-state index in [1.807, 2.05) is 0 Å². The predicted octanol–water partition coefficient (Wildman–Crippen LogP) is 1.51. The second kappa shape index (κ2) is 4.89. The summed E-state index contributed by atoms with van der Waals surface area (Å²) in [6.07, 6.45) is 1.60.